The molecule has 1 unspecified atom stereocenters. The van der Waals surface area contributed by atoms with Crippen molar-refractivity contribution in [3.05, 3.63) is 42.0 Å². The molecule has 2 aliphatic rings. The summed E-state index contributed by atoms with van der Waals surface area (Å²) in [7, 11) is 3.71. The van der Waals surface area contributed by atoms with Crippen molar-refractivity contribution >= 4 is 22.6 Å². The van der Waals surface area contributed by atoms with Crippen LogP contribution in [0.4, 0.5) is 0 Å². The monoisotopic (exact) mass is 367 g/mol. The van der Waals surface area contributed by atoms with E-state index >= 15 is 0 Å². The molecule has 5 nitrogen and oxygen atoms in total. The number of hydrogen-bond acceptors (Lipinski definition) is 3. The Bertz CT molecular complexity index is 855. The predicted octanol–water partition coefficient (Wildman–Crippen LogP) is 2.00. The molecular weight excluding hydrogens is 340 g/mol. The van der Waals surface area contributed by atoms with E-state index in [4.69, 9.17) is 4.74 Å². The molecule has 1 aliphatic carbocycles. The Balaban J connectivity index is 1.44. The predicted molar refractivity (Wildman–Crippen MR) is 103 cm³/mol. The van der Waals surface area contributed by atoms with E-state index in [1.807, 2.05) is 19.2 Å². The van der Waals surface area contributed by atoms with E-state index in [1.54, 1.807) is 7.11 Å². The maximum atomic E-state index is 12.7. The number of benzene rings is 2. The van der Waals surface area contributed by atoms with Crippen molar-refractivity contribution in [2.45, 2.75) is 32.2 Å². The lowest BCUT2D eigenvalue weighted by atomic mass is 9.81. The highest BCUT2D eigenvalue weighted by Gasteiger charge is 2.48. The molecule has 27 heavy (non-hydrogen) atoms. The van der Waals surface area contributed by atoms with Gasteiger partial charge in [-0.05, 0) is 41.8 Å². The van der Waals surface area contributed by atoms with Gasteiger partial charge in [0.05, 0.1) is 26.0 Å². The van der Waals surface area contributed by atoms with Crippen LogP contribution in [0.15, 0.2) is 36.4 Å². The summed E-state index contributed by atoms with van der Waals surface area (Å²) in [5, 5.41) is 2.31. The van der Waals surface area contributed by atoms with Gasteiger partial charge in [-0.1, -0.05) is 31.0 Å². The minimum absolute atomic E-state index is 0.0506. The second kappa shape index (κ2) is 7.31. The minimum Gasteiger partial charge on any atom is -0.497 e. The van der Waals surface area contributed by atoms with Crippen molar-refractivity contribution in [3.8, 4) is 5.75 Å². The van der Waals surface area contributed by atoms with Gasteiger partial charge in [0, 0.05) is 5.56 Å². The van der Waals surface area contributed by atoms with Crippen LogP contribution in [0, 0.1) is 11.8 Å². The molecule has 1 aliphatic heterocycles. The van der Waals surface area contributed by atoms with Crippen LogP contribution in [-0.4, -0.2) is 37.5 Å². The summed E-state index contributed by atoms with van der Waals surface area (Å²) in [5.74, 6) is 0.833. The van der Waals surface area contributed by atoms with Crippen LogP contribution in [0.2, 0.25) is 0 Å². The highest BCUT2D eigenvalue weighted by molar-refractivity contribution is 6.05. The lowest BCUT2D eigenvalue weighted by Crippen LogP contribution is -3.09. The summed E-state index contributed by atoms with van der Waals surface area (Å²) in [4.78, 5) is 28.0. The molecular formula is C22H27N2O3+. The number of fused-ring (bicyclic) bond motifs is 2. The third-order valence-corrected chi connectivity index (χ3v) is 5.98. The number of rotatable bonds is 5. The summed E-state index contributed by atoms with van der Waals surface area (Å²) in [6, 6.07) is 12.4. The van der Waals surface area contributed by atoms with Crippen LogP contribution in [0.3, 0.4) is 0 Å². The van der Waals surface area contributed by atoms with Crippen molar-refractivity contribution in [2.24, 2.45) is 11.8 Å². The number of methoxy groups -OCH3 is 1. The fraction of sp³-hybridized carbons (Fsp3) is 0.455. The zero-order chi connectivity index (χ0) is 19.0. The Morgan fingerprint density at radius 1 is 1.00 bits per heavy atom. The number of hydrogen-bond donors (Lipinski definition) is 1. The van der Waals surface area contributed by atoms with Gasteiger partial charge in [-0.25, -0.2) is 4.90 Å². The smallest absolute Gasteiger partial charge is 0.237 e. The standard InChI is InChI=1S/C22H26N2O3/c1-23(14-24-21(25)19-5-3-4-6-20(19)22(24)26)13-15-7-8-17-12-18(27-2)10-9-16(17)11-15/h7-12,19-20H,3-6,13-14H2,1-2H3/p+1/t19-,20-/m0/s1. The lowest BCUT2D eigenvalue weighted by molar-refractivity contribution is -0.901. The Morgan fingerprint density at radius 3 is 2.30 bits per heavy atom. The highest BCUT2D eigenvalue weighted by Crippen LogP contribution is 2.37. The molecule has 0 bridgehead atoms. The second-order valence-corrected chi connectivity index (χ2v) is 7.94. The molecule has 0 aromatic heterocycles. The fourth-order valence-electron chi connectivity index (χ4n) is 4.57. The van der Waals surface area contributed by atoms with Crippen molar-refractivity contribution in [2.75, 3.05) is 20.8 Å². The minimum atomic E-state index is -0.0605. The van der Waals surface area contributed by atoms with Crippen LogP contribution in [0.1, 0.15) is 31.2 Å². The summed E-state index contributed by atoms with van der Waals surface area (Å²) in [6.07, 6.45) is 3.88. The van der Waals surface area contributed by atoms with Gasteiger partial charge >= 0.3 is 0 Å². The first-order chi connectivity index (χ1) is 13.1. The maximum absolute atomic E-state index is 12.7. The van der Waals surface area contributed by atoms with E-state index in [0.29, 0.717) is 6.67 Å². The number of nitrogens with zero attached hydrogens (tertiary/aromatic N) is 1. The molecule has 142 valence electrons. The Hall–Kier alpha value is -2.40. The van der Waals surface area contributed by atoms with Crippen LogP contribution >= 0.6 is 0 Å². The number of quaternary nitrogens is 1. The first kappa shape index (κ1) is 18.0. The van der Waals surface area contributed by atoms with Crippen LogP contribution in [0.25, 0.3) is 10.8 Å². The molecule has 2 amide bonds. The Kier molecular flexibility index (Phi) is 4.87. The van der Waals surface area contributed by atoms with Crippen molar-refractivity contribution < 1.29 is 19.2 Å². The SMILES string of the molecule is COc1ccc2cc(C[NH+](C)CN3C(=O)[C@H]4CCCC[C@@H]4C3=O)ccc2c1. The Morgan fingerprint density at radius 2 is 1.63 bits per heavy atom. The van der Waals surface area contributed by atoms with Gasteiger partial charge in [0.15, 0.2) is 6.67 Å². The van der Waals surface area contributed by atoms with Crippen molar-refractivity contribution in [3.63, 3.8) is 0 Å². The third kappa shape index (κ3) is 3.44. The molecule has 1 heterocycles. The lowest BCUT2D eigenvalue weighted by Gasteiger charge is -2.21. The third-order valence-electron chi connectivity index (χ3n) is 5.98. The van der Waals surface area contributed by atoms with E-state index < -0.39 is 0 Å². The Labute approximate surface area is 159 Å². The summed E-state index contributed by atoms with van der Waals surface area (Å²) in [6.45, 7) is 1.22. The quantitative estimate of drug-likeness (QED) is 0.823. The van der Waals surface area contributed by atoms with Crippen LogP contribution in [-0.2, 0) is 16.1 Å². The summed E-state index contributed by atoms with van der Waals surface area (Å²) >= 11 is 0. The maximum Gasteiger partial charge on any atom is 0.237 e. The van der Waals surface area contributed by atoms with Gasteiger partial charge < -0.3 is 9.64 Å². The van der Waals surface area contributed by atoms with Gasteiger partial charge in [0.25, 0.3) is 0 Å². The highest BCUT2D eigenvalue weighted by atomic mass is 16.5. The number of carbonyl (C=O) groups is 2. The molecule has 1 saturated heterocycles. The van der Waals surface area contributed by atoms with E-state index in [9.17, 15) is 9.59 Å². The van der Waals surface area contributed by atoms with E-state index in [0.717, 1.165) is 48.3 Å². The van der Waals surface area contributed by atoms with Crippen molar-refractivity contribution in [1.82, 2.24) is 4.90 Å². The molecule has 2 aromatic carbocycles. The van der Waals surface area contributed by atoms with Gasteiger partial charge in [0.2, 0.25) is 11.8 Å². The number of carbonyl (C=O) groups excluding carboxylic acids is 2. The van der Waals surface area contributed by atoms with E-state index in [-0.39, 0.29) is 23.7 Å². The number of imide groups is 1. The second-order valence-electron chi connectivity index (χ2n) is 7.94. The molecule has 2 aromatic rings. The average molecular weight is 367 g/mol. The first-order valence-electron chi connectivity index (χ1n) is 9.80. The molecule has 3 atom stereocenters. The average Bonchev–Trinajstić information content (AvgIpc) is 2.92. The largest absolute Gasteiger partial charge is 0.497 e. The molecule has 1 N–H and O–H groups in total. The van der Waals surface area contributed by atoms with Crippen LogP contribution < -0.4 is 9.64 Å². The molecule has 0 spiro atoms. The van der Waals surface area contributed by atoms with Gasteiger partial charge in [0.1, 0.15) is 12.3 Å². The van der Waals surface area contributed by atoms with E-state index in [1.165, 1.54) is 15.8 Å². The zero-order valence-electron chi connectivity index (χ0n) is 16.0. The van der Waals surface area contributed by atoms with Gasteiger partial charge in [-0.15, -0.1) is 0 Å². The summed E-state index contributed by atoms with van der Waals surface area (Å²) < 4.78 is 5.28. The van der Waals surface area contributed by atoms with E-state index in [2.05, 4.69) is 24.3 Å². The van der Waals surface area contributed by atoms with Gasteiger partial charge in [-0.2, -0.15) is 0 Å². The normalized spacial score (nSPS) is 23.6. The van der Waals surface area contributed by atoms with Gasteiger partial charge in [-0.3, -0.25) is 9.59 Å². The number of likely N-dealkylation sites (tertiary alicyclic amines) is 1. The summed E-state index contributed by atoms with van der Waals surface area (Å²) in [5.41, 5.74) is 1.20. The molecule has 1 saturated carbocycles. The van der Waals surface area contributed by atoms with Crippen LogP contribution in [0.5, 0.6) is 5.75 Å². The number of ether oxygens (including phenoxy) is 1. The molecule has 5 heteroatoms. The number of nitrogens with one attached hydrogen (secondary N) is 1. The first-order valence-corrected chi connectivity index (χ1v) is 9.80. The fourth-order valence-corrected chi connectivity index (χ4v) is 4.57. The molecule has 2 fully saturated rings. The topological polar surface area (TPSA) is 51.1 Å². The molecule has 4 rings (SSSR count). The van der Waals surface area contributed by atoms with Crippen molar-refractivity contribution in [1.29, 1.82) is 0 Å². The zero-order valence-corrected chi connectivity index (χ0v) is 16.0. The number of amides is 2. The molecule has 0 radical (unpaired) electrons.